The van der Waals surface area contributed by atoms with E-state index in [4.69, 9.17) is 0 Å². The standard InChI is InChI=1S/C11H12NO/c13-11(12-8-4-5-9-12)10-6-2-1-3-7-10/h1-3,6H,4-5,8-9H2. The molecule has 0 bridgehead atoms. The van der Waals surface area contributed by atoms with Crippen LogP contribution in [0.1, 0.15) is 23.2 Å². The fourth-order valence-corrected chi connectivity index (χ4v) is 1.62. The number of hydrogen-bond donors (Lipinski definition) is 0. The summed E-state index contributed by atoms with van der Waals surface area (Å²) in [4.78, 5) is 13.6. The minimum absolute atomic E-state index is 0.123. The second-order valence-electron chi connectivity index (χ2n) is 3.28. The summed E-state index contributed by atoms with van der Waals surface area (Å²) in [5.41, 5.74) is 0.685. The molecule has 2 rings (SSSR count). The van der Waals surface area contributed by atoms with Gasteiger partial charge in [-0.05, 0) is 25.0 Å². The molecule has 0 aromatic heterocycles. The van der Waals surface area contributed by atoms with Crippen LogP contribution in [0.2, 0.25) is 0 Å². The largest absolute Gasteiger partial charge is 0.339 e. The van der Waals surface area contributed by atoms with E-state index in [1.165, 1.54) is 0 Å². The van der Waals surface area contributed by atoms with Gasteiger partial charge < -0.3 is 4.90 Å². The average molecular weight is 174 g/mol. The predicted octanol–water partition coefficient (Wildman–Crippen LogP) is 1.72. The van der Waals surface area contributed by atoms with Crippen LogP contribution in [0.3, 0.4) is 0 Å². The molecule has 1 saturated heterocycles. The molecule has 1 heterocycles. The Morgan fingerprint density at radius 2 is 2.08 bits per heavy atom. The van der Waals surface area contributed by atoms with Gasteiger partial charge in [-0.2, -0.15) is 0 Å². The smallest absolute Gasteiger partial charge is 0.254 e. The number of hydrogen-bond acceptors (Lipinski definition) is 1. The van der Waals surface area contributed by atoms with Gasteiger partial charge in [-0.1, -0.05) is 18.2 Å². The highest BCUT2D eigenvalue weighted by Crippen LogP contribution is 2.11. The monoisotopic (exact) mass is 174 g/mol. The van der Waals surface area contributed by atoms with Gasteiger partial charge in [-0.3, -0.25) is 4.79 Å². The zero-order valence-electron chi connectivity index (χ0n) is 7.49. The third-order valence-corrected chi connectivity index (χ3v) is 2.33. The molecule has 0 N–H and O–H groups in total. The maximum absolute atomic E-state index is 11.7. The van der Waals surface area contributed by atoms with E-state index in [2.05, 4.69) is 6.07 Å². The molecular formula is C11H12NO. The van der Waals surface area contributed by atoms with Gasteiger partial charge in [0.05, 0.1) is 0 Å². The van der Waals surface area contributed by atoms with Crippen molar-refractivity contribution in [2.75, 3.05) is 13.1 Å². The first-order chi connectivity index (χ1) is 6.38. The van der Waals surface area contributed by atoms with Gasteiger partial charge >= 0.3 is 0 Å². The molecule has 1 aliphatic heterocycles. The van der Waals surface area contributed by atoms with Crippen molar-refractivity contribution in [3.05, 3.63) is 35.9 Å². The number of nitrogens with zero attached hydrogens (tertiary/aromatic N) is 1. The Morgan fingerprint density at radius 3 is 2.69 bits per heavy atom. The van der Waals surface area contributed by atoms with Gasteiger partial charge in [-0.15, -0.1) is 0 Å². The van der Waals surface area contributed by atoms with Crippen LogP contribution in [0, 0.1) is 6.07 Å². The first-order valence-electron chi connectivity index (χ1n) is 4.64. The fourth-order valence-electron chi connectivity index (χ4n) is 1.62. The van der Waals surface area contributed by atoms with Crippen molar-refractivity contribution in [3.63, 3.8) is 0 Å². The second-order valence-corrected chi connectivity index (χ2v) is 3.28. The molecular weight excluding hydrogens is 162 g/mol. The Kier molecular flexibility index (Phi) is 2.30. The van der Waals surface area contributed by atoms with E-state index in [0.29, 0.717) is 5.56 Å². The van der Waals surface area contributed by atoms with Gasteiger partial charge in [-0.25, -0.2) is 0 Å². The number of carbonyl (C=O) groups excluding carboxylic acids is 1. The second kappa shape index (κ2) is 3.60. The summed E-state index contributed by atoms with van der Waals surface area (Å²) in [6, 6.07) is 10.3. The molecule has 0 aliphatic carbocycles. The molecule has 1 radical (unpaired) electrons. The zero-order chi connectivity index (χ0) is 9.10. The van der Waals surface area contributed by atoms with E-state index in [9.17, 15) is 4.79 Å². The normalized spacial score (nSPS) is 16.2. The predicted molar refractivity (Wildman–Crippen MR) is 50.4 cm³/mol. The lowest BCUT2D eigenvalue weighted by Gasteiger charge is -2.14. The van der Waals surface area contributed by atoms with Crippen LogP contribution in [0.25, 0.3) is 0 Å². The van der Waals surface area contributed by atoms with Crippen molar-refractivity contribution in [1.29, 1.82) is 0 Å². The molecule has 0 atom stereocenters. The Hall–Kier alpha value is -1.31. The molecule has 2 nitrogen and oxygen atoms in total. The topological polar surface area (TPSA) is 20.3 Å². The third-order valence-electron chi connectivity index (χ3n) is 2.33. The molecule has 0 unspecified atom stereocenters. The van der Waals surface area contributed by atoms with E-state index in [-0.39, 0.29) is 5.91 Å². The van der Waals surface area contributed by atoms with Crippen molar-refractivity contribution < 1.29 is 4.79 Å². The summed E-state index contributed by atoms with van der Waals surface area (Å²) in [6.07, 6.45) is 2.27. The third kappa shape index (κ3) is 1.72. The molecule has 13 heavy (non-hydrogen) atoms. The molecule has 67 valence electrons. The lowest BCUT2D eigenvalue weighted by molar-refractivity contribution is 0.0792. The Bertz CT molecular complexity index is 288. The van der Waals surface area contributed by atoms with Gasteiger partial charge in [0.15, 0.2) is 0 Å². The first-order valence-corrected chi connectivity index (χ1v) is 4.64. The van der Waals surface area contributed by atoms with Crippen molar-refractivity contribution >= 4 is 5.91 Å². The minimum atomic E-state index is 0.123. The molecule has 1 aliphatic rings. The van der Waals surface area contributed by atoms with Crippen molar-refractivity contribution in [1.82, 2.24) is 4.90 Å². The van der Waals surface area contributed by atoms with Gasteiger partial charge in [0, 0.05) is 18.7 Å². The fraction of sp³-hybridized carbons (Fsp3) is 0.364. The highest BCUT2D eigenvalue weighted by atomic mass is 16.2. The van der Waals surface area contributed by atoms with Crippen LogP contribution in [0.4, 0.5) is 0 Å². The summed E-state index contributed by atoms with van der Waals surface area (Å²) in [6.45, 7) is 1.81. The lowest BCUT2D eigenvalue weighted by Crippen LogP contribution is -2.27. The van der Waals surface area contributed by atoms with Crippen LogP contribution in [0.15, 0.2) is 24.3 Å². The zero-order valence-corrected chi connectivity index (χ0v) is 7.49. The van der Waals surface area contributed by atoms with E-state index < -0.39 is 0 Å². The maximum atomic E-state index is 11.7. The van der Waals surface area contributed by atoms with Gasteiger partial charge in [0.2, 0.25) is 0 Å². The molecule has 0 spiro atoms. The molecule has 2 heteroatoms. The van der Waals surface area contributed by atoms with Crippen molar-refractivity contribution in [2.24, 2.45) is 0 Å². The highest BCUT2D eigenvalue weighted by Gasteiger charge is 2.18. The number of likely N-dealkylation sites (tertiary alicyclic amines) is 1. The number of carbonyl (C=O) groups is 1. The van der Waals surface area contributed by atoms with Crippen molar-refractivity contribution in [2.45, 2.75) is 12.8 Å². The van der Waals surface area contributed by atoms with E-state index >= 15 is 0 Å². The highest BCUT2D eigenvalue weighted by molar-refractivity contribution is 5.94. The van der Waals surface area contributed by atoms with Crippen LogP contribution < -0.4 is 0 Å². The van der Waals surface area contributed by atoms with E-state index in [1.54, 1.807) is 6.07 Å². The number of amides is 1. The minimum Gasteiger partial charge on any atom is -0.339 e. The Labute approximate surface area is 78.2 Å². The Morgan fingerprint density at radius 1 is 1.31 bits per heavy atom. The van der Waals surface area contributed by atoms with Gasteiger partial charge in [0.25, 0.3) is 5.91 Å². The quantitative estimate of drug-likeness (QED) is 0.634. The maximum Gasteiger partial charge on any atom is 0.254 e. The van der Waals surface area contributed by atoms with E-state index in [0.717, 1.165) is 25.9 Å². The summed E-state index contributed by atoms with van der Waals surface area (Å²) < 4.78 is 0. The van der Waals surface area contributed by atoms with Crippen LogP contribution >= 0.6 is 0 Å². The SMILES string of the molecule is O=C(c1[c]cccc1)N1CCCC1. The van der Waals surface area contributed by atoms with Crippen molar-refractivity contribution in [3.8, 4) is 0 Å². The Balaban J connectivity index is 2.13. The average Bonchev–Trinajstić information content (AvgIpc) is 2.71. The van der Waals surface area contributed by atoms with Crippen LogP contribution in [-0.4, -0.2) is 23.9 Å². The molecule has 1 amide bonds. The molecule has 1 aromatic carbocycles. The first kappa shape index (κ1) is 8.30. The van der Waals surface area contributed by atoms with E-state index in [1.807, 2.05) is 23.1 Å². The van der Waals surface area contributed by atoms with Crippen LogP contribution in [0.5, 0.6) is 0 Å². The van der Waals surface area contributed by atoms with Crippen LogP contribution in [-0.2, 0) is 0 Å². The number of benzene rings is 1. The lowest BCUT2D eigenvalue weighted by atomic mass is 10.2. The molecule has 0 saturated carbocycles. The summed E-state index contributed by atoms with van der Waals surface area (Å²) in [5, 5.41) is 0. The molecule has 1 aromatic rings. The number of rotatable bonds is 1. The molecule has 1 fully saturated rings. The van der Waals surface area contributed by atoms with Gasteiger partial charge in [0.1, 0.15) is 0 Å². The summed E-state index contributed by atoms with van der Waals surface area (Å²) in [5.74, 6) is 0.123. The summed E-state index contributed by atoms with van der Waals surface area (Å²) in [7, 11) is 0. The summed E-state index contributed by atoms with van der Waals surface area (Å²) >= 11 is 0.